The molecule has 2 aromatic carbocycles. The fourth-order valence-electron chi connectivity index (χ4n) is 3.06. The van der Waals surface area contributed by atoms with Crippen molar-refractivity contribution in [2.45, 2.75) is 31.1 Å². The number of aryl methyl sites for hydroxylation is 1. The van der Waals surface area contributed by atoms with Gasteiger partial charge in [0.2, 0.25) is 15.9 Å². The summed E-state index contributed by atoms with van der Waals surface area (Å²) < 4.78 is 40.4. The van der Waals surface area contributed by atoms with Gasteiger partial charge in [0, 0.05) is 25.2 Å². The van der Waals surface area contributed by atoms with E-state index in [4.69, 9.17) is 0 Å². The first-order valence-electron chi connectivity index (χ1n) is 8.52. The van der Waals surface area contributed by atoms with Gasteiger partial charge in [-0.3, -0.25) is 4.79 Å². The summed E-state index contributed by atoms with van der Waals surface area (Å²) in [6.07, 6.45) is 1.83. The minimum absolute atomic E-state index is 0.0705. The molecule has 1 fully saturated rings. The van der Waals surface area contributed by atoms with Crippen LogP contribution in [-0.4, -0.2) is 27.4 Å². The Morgan fingerprint density at radius 2 is 1.88 bits per heavy atom. The summed E-state index contributed by atoms with van der Waals surface area (Å²) >= 11 is 0. The Balaban J connectivity index is 1.67. The highest BCUT2D eigenvalue weighted by Crippen LogP contribution is 2.27. The first-order chi connectivity index (χ1) is 12.4. The molecule has 0 atom stereocenters. The lowest BCUT2D eigenvalue weighted by Gasteiger charge is -2.19. The Bertz CT molecular complexity index is 911. The van der Waals surface area contributed by atoms with Crippen LogP contribution in [0.25, 0.3) is 0 Å². The Labute approximate surface area is 152 Å². The van der Waals surface area contributed by atoms with Crippen molar-refractivity contribution in [1.82, 2.24) is 4.72 Å². The maximum absolute atomic E-state index is 12.9. The zero-order chi connectivity index (χ0) is 18.7. The summed E-state index contributed by atoms with van der Waals surface area (Å²) in [6.45, 7) is 2.69. The molecule has 0 aromatic heterocycles. The molecule has 3 rings (SSSR count). The van der Waals surface area contributed by atoms with Crippen LogP contribution in [0.3, 0.4) is 0 Å². The lowest BCUT2D eigenvalue weighted by Crippen LogP contribution is -2.27. The van der Waals surface area contributed by atoms with Gasteiger partial charge in [0.1, 0.15) is 5.82 Å². The summed E-state index contributed by atoms with van der Waals surface area (Å²) in [6, 6.07) is 10.8. The second-order valence-electron chi connectivity index (χ2n) is 6.37. The molecule has 5 nitrogen and oxygen atoms in total. The summed E-state index contributed by atoms with van der Waals surface area (Å²) in [5, 5.41) is 0. The molecule has 0 saturated carbocycles. The van der Waals surface area contributed by atoms with E-state index in [9.17, 15) is 17.6 Å². The van der Waals surface area contributed by atoms with E-state index < -0.39 is 10.0 Å². The fraction of sp³-hybridized carbons (Fsp3) is 0.316. The Hall–Kier alpha value is -2.25. The average Bonchev–Trinajstić information content (AvgIpc) is 3.02. The standard InChI is InChI=1S/C19H21FN2O3S/c1-14-13-17(8-9-18(14)22-12-2-3-19(22)23)26(24,25)21-11-10-15-4-6-16(20)7-5-15/h4-9,13,21H,2-3,10-12H2,1H3. The maximum atomic E-state index is 12.9. The third kappa shape index (κ3) is 4.11. The number of halogens is 1. The lowest BCUT2D eigenvalue weighted by molar-refractivity contribution is -0.117. The van der Waals surface area contributed by atoms with Gasteiger partial charge in [-0.1, -0.05) is 12.1 Å². The van der Waals surface area contributed by atoms with Crippen molar-refractivity contribution in [2.24, 2.45) is 0 Å². The number of carbonyl (C=O) groups is 1. The van der Waals surface area contributed by atoms with Crippen molar-refractivity contribution in [1.29, 1.82) is 0 Å². The number of benzene rings is 2. The SMILES string of the molecule is Cc1cc(S(=O)(=O)NCCc2ccc(F)cc2)ccc1N1CCCC1=O. The number of hydrogen-bond acceptors (Lipinski definition) is 3. The van der Waals surface area contributed by atoms with Crippen molar-refractivity contribution >= 4 is 21.6 Å². The molecule has 1 aliphatic rings. The molecule has 1 amide bonds. The van der Waals surface area contributed by atoms with Gasteiger partial charge in [-0.15, -0.1) is 0 Å². The van der Waals surface area contributed by atoms with Crippen LogP contribution in [0.2, 0.25) is 0 Å². The summed E-state index contributed by atoms with van der Waals surface area (Å²) in [5.41, 5.74) is 2.37. The fourth-order valence-corrected chi connectivity index (χ4v) is 4.18. The zero-order valence-corrected chi connectivity index (χ0v) is 15.4. The van der Waals surface area contributed by atoms with Crippen molar-refractivity contribution in [3.63, 3.8) is 0 Å². The first-order valence-corrected chi connectivity index (χ1v) is 10.0. The number of anilines is 1. The van der Waals surface area contributed by atoms with Crippen LogP contribution in [0, 0.1) is 12.7 Å². The average molecular weight is 376 g/mol. The van der Waals surface area contributed by atoms with Crippen LogP contribution in [0.1, 0.15) is 24.0 Å². The molecule has 0 bridgehead atoms. The second-order valence-corrected chi connectivity index (χ2v) is 8.14. The third-order valence-electron chi connectivity index (χ3n) is 4.46. The number of hydrogen-bond donors (Lipinski definition) is 1. The molecule has 2 aromatic rings. The molecule has 1 aliphatic heterocycles. The topological polar surface area (TPSA) is 66.5 Å². The number of carbonyl (C=O) groups excluding carboxylic acids is 1. The van der Waals surface area contributed by atoms with E-state index in [1.54, 1.807) is 36.1 Å². The first kappa shape index (κ1) is 18.5. The minimum Gasteiger partial charge on any atom is -0.312 e. The highest BCUT2D eigenvalue weighted by molar-refractivity contribution is 7.89. The van der Waals surface area contributed by atoms with Crippen LogP contribution in [0.4, 0.5) is 10.1 Å². The molecule has 138 valence electrons. The van der Waals surface area contributed by atoms with Gasteiger partial charge in [-0.25, -0.2) is 17.5 Å². The van der Waals surface area contributed by atoms with E-state index >= 15 is 0 Å². The Kier molecular flexibility index (Phi) is 5.38. The van der Waals surface area contributed by atoms with Crippen molar-refractivity contribution in [2.75, 3.05) is 18.0 Å². The molecule has 1 heterocycles. The van der Waals surface area contributed by atoms with E-state index in [0.29, 0.717) is 19.4 Å². The van der Waals surface area contributed by atoms with Crippen LogP contribution in [0.15, 0.2) is 47.4 Å². The highest BCUT2D eigenvalue weighted by atomic mass is 32.2. The lowest BCUT2D eigenvalue weighted by atomic mass is 10.1. The number of nitrogens with one attached hydrogen (secondary N) is 1. The molecule has 1 N–H and O–H groups in total. The predicted octanol–water partition coefficient (Wildman–Crippen LogP) is 2.78. The Morgan fingerprint density at radius 1 is 1.15 bits per heavy atom. The van der Waals surface area contributed by atoms with Gasteiger partial charge in [-0.05, 0) is 61.2 Å². The van der Waals surface area contributed by atoms with Gasteiger partial charge < -0.3 is 4.90 Å². The molecule has 7 heteroatoms. The number of sulfonamides is 1. The molecule has 0 spiro atoms. The smallest absolute Gasteiger partial charge is 0.240 e. The molecular formula is C19H21FN2O3S. The third-order valence-corrected chi connectivity index (χ3v) is 5.92. The monoisotopic (exact) mass is 376 g/mol. The maximum Gasteiger partial charge on any atom is 0.240 e. The molecule has 26 heavy (non-hydrogen) atoms. The molecule has 0 aliphatic carbocycles. The van der Waals surface area contributed by atoms with Gasteiger partial charge in [-0.2, -0.15) is 0 Å². The van der Waals surface area contributed by atoms with E-state index in [1.807, 2.05) is 0 Å². The zero-order valence-electron chi connectivity index (χ0n) is 14.5. The van der Waals surface area contributed by atoms with Gasteiger partial charge in [0.25, 0.3) is 0 Å². The van der Waals surface area contributed by atoms with Crippen molar-refractivity contribution < 1.29 is 17.6 Å². The van der Waals surface area contributed by atoms with E-state index in [-0.39, 0.29) is 23.2 Å². The summed E-state index contributed by atoms with van der Waals surface area (Å²) in [4.78, 5) is 13.8. The molecule has 1 saturated heterocycles. The summed E-state index contributed by atoms with van der Waals surface area (Å²) in [5.74, 6) is -0.248. The van der Waals surface area contributed by atoms with Crippen LogP contribution in [0.5, 0.6) is 0 Å². The van der Waals surface area contributed by atoms with E-state index in [2.05, 4.69) is 4.72 Å². The highest BCUT2D eigenvalue weighted by Gasteiger charge is 2.24. The number of nitrogens with zero attached hydrogens (tertiary/aromatic N) is 1. The summed E-state index contributed by atoms with van der Waals surface area (Å²) in [7, 11) is -3.64. The largest absolute Gasteiger partial charge is 0.312 e. The minimum atomic E-state index is -3.64. The predicted molar refractivity (Wildman–Crippen MR) is 98.1 cm³/mol. The number of rotatable bonds is 6. The molecule has 0 radical (unpaired) electrons. The quantitative estimate of drug-likeness (QED) is 0.843. The van der Waals surface area contributed by atoms with Crippen LogP contribution < -0.4 is 9.62 Å². The van der Waals surface area contributed by atoms with E-state index in [0.717, 1.165) is 23.2 Å². The van der Waals surface area contributed by atoms with E-state index in [1.165, 1.54) is 18.2 Å². The van der Waals surface area contributed by atoms with Crippen LogP contribution in [-0.2, 0) is 21.2 Å². The second kappa shape index (κ2) is 7.55. The molecular weight excluding hydrogens is 355 g/mol. The normalized spacial score (nSPS) is 14.8. The Morgan fingerprint density at radius 3 is 2.50 bits per heavy atom. The number of amides is 1. The van der Waals surface area contributed by atoms with Gasteiger partial charge in [0.15, 0.2) is 0 Å². The van der Waals surface area contributed by atoms with Gasteiger partial charge in [0.05, 0.1) is 4.90 Å². The van der Waals surface area contributed by atoms with Crippen molar-refractivity contribution in [3.05, 3.63) is 59.4 Å². The van der Waals surface area contributed by atoms with Crippen LogP contribution >= 0.6 is 0 Å². The van der Waals surface area contributed by atoms with Gasteiger partial charge >= 0.3 is 0 Å². The molecule has 0 unspecified atom stereocenters. The van der Waals surface area contributed by atoms with Crippen molar-refractivity contribution in [3.8, 4) is 0 Å².